The van der Waals surface area contributed by atoms with Crippen molar-refractivity contribution >= 4 is 38.6 Å². The molecule has 0 saturated carbocycles. The minimum absolute atomic E-state index is 0.0852. The monoisotopic (exact) mass is 388 g/mol. The van der Waals surface area contributed by atoms with Gasteiger partial charge in [-0.25, -0.2) is 4.98 Å². The van der Waals surface area contributed by atoms with Crippen molar-refractivity contribution in [2.24, 2.45) is 0 Å². The second-order valence-electron chi connectivity index (χ2n) is 5.87. The number of aromatic nitrogens is 1. The van der Waals surface area contributed by atoms with Gasteiger partial charge < -0.3 is 10.1 Å². The molecule has 0 amide bonds. The second kappa shape index (κ2) is 7.33. The first-order valence-electron chi connectivity index (χ1n) is 6.84. The third kappa shape index (κ3) is 4.60. The molecule has 0 bridgehead atoms. The molecule has 1 N–H and O–H groups in total. The van der Waals surface area contributed by atoms with Crippen molar-refractivity contribution in [3.05, 3.63) is 36.9 Å². The van der Waals surface area contributed by atoms with E-state index in [4.69, 9.17) is 9.72 Å². The molecule has 6 heteroatoms. The quantitative estimate of drug-likeness (QED) is 0.734. The lowest BCUT2D eigenvalue weighted by molar-refractivity contribution is 0.197. The number of hydrogen-bond acceptors (Lipinski definition) is 5. The van der Waals surface area contributed by atoms with E-state index in [1.807, 2.05) is 0 Å². The lowest BCUT2D eigenvalue weighted by Crippen LogP contribution is -2.25. The van der Waals surface area contributed by atoms with Crippen molar-refractivity contribution in [2.45, 2.75) is 32.2 Å². The Balaban J connectivity index is 2.24. The molecular weight excluding hydrogens is 368 g/mol. The van der Waals surface area contributed by atoms with Crippen LogP contribution in [0.2, 0.25) is 0 Å². The fourth-order valence-corrected chi connectivity index (χ4v) is 4.59. The number of nitrogens with zero attached hydrogens (tertiary/aromatic N) is 1. The summed E-state index contributed by atoms with van der Waals surface area (Å²) in [4.78, 5) is 6.12. The number of methoxy groups -OCH3 is 1. The van der Waals surface area contributed by atoms with Crippen LogP contribution >= 0.6 is 38.6 Å². The topological polar surface area (TPSA) is 34.1 Å². The number of ether oxygens (including phenoxy) is 1. The summed E-state index contributed by atoms with van der Waals surface area (Å²) in [6.07, 6.45) is 0. The maximum absolute atomic E-state index is 5.14. The summed E-state index contributed by atoms with van der Waals surface area (Å²) in [5.74, 6) is 0. The van der Waals surface area contributed by atoms with Crippen LogP contribution < -0.4 is 5.32 Å². The van der Waals surface area contributed by atoms with Crippen molar-refractivity contribution in [1.29, 1.82) is 0 Å². The predicted octanol–water partition coefficient (Wildman–Crippen LogP) is 4.59. The molecule has 0 radical (unpaired) electrons. The van der Waals surface area contributed by atoms with E-state index in [0.717, 1.165) is 21.7 Å². The van der Waals surface area contributed by atoms with Gasteiger partial charge in [-0.15, -0.1) is 22.7 Å². The number of rotatable bonds is 6. The normalized spacial score (nSPS) is 13.6. The van der Waals surface area contributed by atoms with E-state index in [9.17, 15) is 0 Å². The predicted molar refractivity (Wildman–Crippen MR) is 94.6 cm³/mol. The minimum Gasteiger partial charge on any atom is -0.383 e. The number of thiazole rings is 1. The highest BCUT2D eigenvalue weighted by molar-refractivity contribution is 9.10. The smallest absolute Gasteiger partial charge is 0.115 e. The van der Waals surface area contributed by atoms with E-state index in [2.05, 4.69) is 58.8 Å². The summed E-state index contributed by atoms with van der Waals surface area (Å²) in [5.41, 5.74) is 1.23. The Morgan fingerprint density at radius 3 is 2.62 bits per heavy atom. The first-order chi connectivity index (χ1) is 9.91. The molecule has 0 spiro atoms. The van der Waals surface area contributed by atoms with Gasteiger partial charge in [-0.2, -0.15) is 0 Å². The molecule has 1 atom stereocenters. The van der Waals surface area contributed by atoms with E-state index >= 15 is 0 Å². The van der Waals surface area contributed by atoms with Crippen LogP contribution in [0.25, 0.3) is 0 Å². The van der Waals surface area contributed by atoms with Crippen LogP contribution in [-0.2, 0) is 10.2 Å². The maximum atomic E-state index is 5.14. The van der Waals surface area contributed by atoms with Gasteiger partial charge in [0.2, 0.25) is 0 Å². The van der Waals surface area contributed by atoms with Crippen LogP contribution in [0, 0.1) is 0 Å². The van der Waals surface area contributed by atoms with Crippen LogP contribution in [0.15, 0.2) is 21.3 Å². The van der Waals surface area contributed by atoms with Gasteiger partial charge in [-0.3, -0.25) is 0 Å². The highest BCUT2D eigenvalue weighted by atomic mass is 79.9. The molecule has 3 nitrogen and oxygen atoms in total. The number of halogens is 1. The Morgan fingerprint density at radius 2 is 2.10 bits per heavy atom. The van der Waals surface area contributed by atoms with Crippen LogP contribution in [-0.4, -0.2) is 25.2 Å². The first kappa shape index (κ1) is 17.1. The van der Waals surface area contributed by atoms with Crippen molar-refractivity contribution in [1.82, 2.24) is 10.3 Å². The SMILES string of the molecule is COCCNC(c1cc(Br)cs1)c1nc(C(C)(C)C)cs1. The summed E-state index contributed by atoms with van der Waals surface area (Å²) >= 11 is 7.00. The largest absolute Gasteiger partial charge is 0.383 e. The molecule has 0 saturated heterocycles. The molecule has 0 fully saturated rings. The average molecular weight is 389 g/mol. The minimum atomic E-state index is 0.0852. The van der Waals surface area contributed by atoms with E-state index in [0.29, 0.717) is 6.61 Å². The van der Waals surface area contributed by atoms with E-state index in [1.54, 1.807) is 29.8 Å². The molecule has 116 valence electrons. The Kier molecular flexibility index (Phi) is 5.96. The van der Waals surface area contributed by atoms with Crippen LogP contribution in [0.1, 0.15) is 42.4 Å². The molecule has 2 aromatic rings. The fourth-order valence-electron chi connectivity index (χ4n) is 1.86. The van der Waals surface area contributed by atoms with Gasteiger partial charge in [-0.05, 0) is 22.0 Å². The molecule has 0 aliphatic carbocycles. The summed E-state index contributed by atoms with van der Waals surface area (Å²) in [6, 6.07) is 2.30. The third-order valence-electron chi connectivity index (χ3n) is 3.06. The van der Waals surface area contributed by atoms with Crippen molar-refractivity contribution in [3.63, 3.8) is 0 Å². The van der Waals surface area contributed by atoms with Gasteiger partial charge in [0.1, 0.15) is 5.01 Å². The molecule has 0 aliphatic rings. The molecule has 1 unspecified atom stereocenters. The zero-order chi connectivity index (χ0) is 15.5. The highest BCUT2D eigenvalue weighted by Gasteiger charge is 2.23. The zero-order valence-electron chi connectivity index (χ0n) is 12.8. The number of hydrogen-bond donors (Lipinski definition) is 1. The number of thiophene rings is 1. The van der Waals surface area contributed by atoms with Crippen molar-refractivity contribution in [2.75, 3.05) is 20.3 Å². The van der Waals surface area contributed by atoms with Crippen molar-refractivity contribution < 1.29 is 4.74 Å². The van der Waals surface area contributed by atoms with E-state index in [-0.39, 0.29) is 11.5 Å². The fraction of sp³-hybridized carbons (Fsp3) is 0.533. The zero-order valence-corrected chi connectivity index (χ0v) is 16.0. The summed E-state index contributed by atoms with van der Waals surface area (Å²) in [5, 5.41) is 8.94. The molecule has 2 heterocycles. The van der Waals surface area contributed by atoms with Crippen molar-refractivity contribution in [3.8, 4) is 0 Å². The Labute approximate surface area is 142 Å². The van der Waals surface area contributed by atoms with Gasteiger partial charge in [0.25, 0.3) is 0 Å². The Hall–Kier alpha value is -0.270. The summed E-state index contributed by atoms with van der Waals surface area (Å²) < 4.78 is 6.26. The molecule has 0 aliphatic heterocycles. The van der Waals surface area contributed by atoms with Crippen LogP contribution in [0.4, 0.5) is 0 Å². The van der Waals surface area contributed by atoms with Gasteiger partial charge in [0.05, 0.1) is 18.3 Å². The standard InChI is InChI=1S/C15H21BrN2OS2/c1-15(2,3)12-9-21-14(18-12)13(17-5-6-19-4)11-7-10(16)8-20-11/h7-9,13,17H,5-6H2,1-4H3. The van der Waals surface area contributed by atoms with Gasteiger partial charge >= 0.3 is 0 Å². The molecular formula is C15H21BrN2OS2. The lowest BCUT2D eigenvalue weighted by Gasteiger charge is -2.17. The van der Waals surface area contributed by atoms with Crippen LogP contribution in [0.3, 0.4) is 0 Å². The van der Waals surface area contributed by atoms with Crippen LogP contribution in [0.5, 0.6) is 0 Å². The third-order valence-corrected chi connectivity index (χ3v) is 5.73. The molecule has 0 aromatic carbocycles. The lowest BCUT2D eigenvalue weighted by atomic mass is 9.93. The van der Waals surface area contributed by atoms with Gasteiger partial charge in [0, 0.05) is 39.2 Å². The molecule has 21 heavy (non-hydrogen) atoms. The van der Waals surface area contributed by atoms with Gasteiger partial charge in [-0.1, -0.05) is 20.8 Å². The molecule has 2 aromatic heterocycles. The average Bonchev–Trinajstić information content (AvgIpc) is 3.03. The van der Waals surface area contributed by atoms with E-state index in [1.165, 1.54) is 4.88 Å². The first-order valence-corrected chi connectivity index (χ1v) is 9.39. The molecule has 2 rings (SSSR count). The van der Waals surface area contributed by atoms with Gasteiger partial charge in [0.15, 0.2) is 0 Å². The Bertz CT molecular complexity index is 574. The number of nitrogens with one attached hydrogen (secondary N) is 1. The summed E-state index contributed by atoms with van der Waals surface area (Å²) in [7, 11) is 1.72. The second-order valence-corrected chi connectivity index (χ2v) is 8.62. The highest BCUT2D eigenvalue weighted by Crippen LogP contribution is 2.33. The Morgan fingerprint density at radius 1 is 1.33 bits per heavy atom. The van der Waals surface area contributed by atoms with E-state index < -0.39 is 0 Å². The summed E-state index contributed by atoms with van der Waals surface area (Å²) in [6.45, 7) is 8.09. The maximum Gasteiger partial charge on any atom is 0.115 e.